The third-order valence-electron chi connectivity index (χ3n) is 6.25. The number of hydrogen-bond acceptors (Lipinski definition) is 6. The minimum Gasteiger partial charge on any atom is -0.464 e. The second-order valence-electron chi connectivity index (χ2n) is 9.49. The molecule has 0 aliphatic carbocycles. The first kappa shape index (κ1) is 29.5. The van der Waals surface area contributed by atoms with Crippen LogP contribution < -0.4 is 4.72 Å². The van der Waals surface area contributed by atoms with Crippen molar-refractivity contribution in [2.45, 2.75) is 56.8 Å². The summed E-state index contributed by atoms with van der Waals surface area (Å²) >= 11 is 0. The Morgan fingerprint density at radius 3 is 2.16 bits per heavy atom. The maximum absolute atomic E-state index is 13.0. The predicted molar refractivity (Wildman–Crippen MR) is 147 cm³/mol. The molecule has 2 N–H and O–H groups in total. The van der Waals surface area contributed by atoms with Crippen LogP contribution in [-0.2, 0) is 37.3 Å². The van der Waals surface area contributed by atoms with Gasteiger partial charge in [0.1, 0.15) is 6.61 Å². The van der Waals surface area contributed by atoms with Crippen molar-refractivity contribution >= 4 is 16.0 Å². The summed E-state index contributed by atoms with van der Waals surface area (Å²) in [4.78, 5) is 12.8. The van der Waals surface area contributed by atoms with Gasteiger partial charge in [-0.05, 0) is 56.4 Å². The molecule has 0 unspecified atom stereocenters. The Morgan fingerprint density at radius 1 is 0.921 bits per heavy atom. The highest BCUT2D eigenvalue weighted by atomic mass is 32.2. The van der Waals surface area contributed by atoms with Crippen LogP contribution in [0.25, 0.3) is 0 Å². The van der Waals surface area contributed by atoms with Crippen molar-refractivity contribution in [3.05, 3.63) is 102 Å². The molecule has 3 rings (SSSR count). The number of sulfonamides is 1. The Balaban J connectivity index is 1.51. The molecule has 0 radical (unpaired) electrons. The van der Waals surface area contributed by atoms with Gasteiger partial charge in [-0.3, -0.25) is 4.79 Å². The molecule has 3 aromatic carbocycles. The van der Waals surface area contributed by atoms with Gasteiger partial charge >= 0.3 is 5.97 Å². The molecule has 0 amide bonds. The first-order valence-corrected chi connectivity index (χ1v) is 14.3. The third-order valence-corrected chi connectivity index (χ3v) is 7.79. The lowest BCUT2D eigenvalue weighted by Gasteiger charge is -2.22. The Hall–Kier alpha value is -3.04. The Kier molecular flexibility index (Phi) is 11.5. The average molecular weight is 540 g/mol. The number of nitrogens with one attached hydrogen (secondary N) is 1. The highest BCUT2D eigenvalue weighted by Gasteiger charge is 2.26. The van der Waals surface area contributed by atoms with Crippen LogP contribution in [0.1, 0.15) is 36.5 Å². The number of carbonyl (C=O) groups excluding carboxylic acids is 1. The van der Waals surface area contributed by atoms with Gasteiger partial charge in [0.05, 0.1) is 29.6 Å². The summed E-state index contributed by atoms with van der Waals surface area (Å²) < 4.78 is 39.8. The van der Waals surface area contributed by atoms with Crippen LogP contribution in [-0.4, -0.2) is 44.9 Å². The zero-order valence-electron chi connectivity index (χ0n) is 22.0. The predicted octanol–water partition coefficient (Wildman–Crippen LogP) is 4.42. The molecular formula is C30H37NO6S. The zero-order chi connectivity index (χ0) is 27.4. The molecule has 3 aromatic rings. The van der Waals surface area contributed by atoms with Gasteiger partial charge in [-0.25, -0.2) is 13.1 Å². The van der Waals surface area contributed by atoms with E-state index in [-0.39, 0.29) is 11.5 Å². The van der Waals surface area contributed by atoms with Gasteiger partial charge in [0.25, 0.3) is 0 Å². The summed E-state index contributed by atoms with van der Waals surface area (Å²) in [5.41, 5.74) is 2.94. The number of aryl methyl sites for hydroxylation is 1. The number of benzene rings is 3. The fraction of sp³-hybridized carbons (Fsp3) is 0.367. The smallest absolute Gasteiger partial charge is 0.311 e. The van der Waals surface area contributed by atoms with Gasteiger partial charge < -0.3 is 14.6 Å². The van der Waals surface area contributed by atoms with E-state index >= 15 is 0 Å². The molecule has 0 aromatic heterocycles. The van der Waals surface area contributed by atoms with Crippen molar-refractivity contribution in [3.63, 3.8) is 0 Å². The molecule has 0 saturated heterocycles. The van der Waals surface area contributed by atoms with E-state index in [1.807, 2.05) is 67.6 Å². The van der Waals surface area contributed by atoms with Gasteiger partial charge in [0.15, 0.2) is 0 Å². The number of ether oxygens (including phenoxy) is 2. The van der Waals surface area contributed by atoms with Crippen LogP contribution in [0.15, 0.2) is 89.8 Å². The zero-order valence-corrected chi connectivity index (χ0v) is 22.8. The SMILES string of the molecule is Cc1ccc(S(=O)(=O)N[C@H](COC(=O)[C@@H](C)[C@H](O)CCCOCc2ccccc2)Cc2ccccc2)cc1. The van der Waals surface area contributed by atoms with Crippen LogP contribution in [0.4, 0.5) is 0 Å². The van der Waals surface area contributed by atoms with E-state index in [2.05, 4.69) is 4.72 Å². The quantitative estimate of drug-likeness (QED) is 0.219. The molecule has 0 heterocycles. The molecule has 7 nitrogen and oxygen atoms in total. The molecule has 8 heteroatoms. The Labute approximate surface area is 225 Å². The van der Waals surface area contributed by atoms with E-state index in [1.54, 1.807) is 31.2 Å². The number of rotatable bonds is 15. The normalized spacial score (nSPS) is 14.0. The fourth-order valence-corrected chi connectivity index (χ4v) is 5.14. The summed E-state index contributed by atoms with van der Waals surface area (Å²) in [6.07, 6.45) is 0.436. The second kappa shape index (κ2) is 14.8. The molecule has 0 aliphatic heterocycles. The van der Waals surface area contributed by atoms with E-state index in [0.717, 1.165) is 16.7 Å². The lowest BCUT2D eigenvalue weighted by molar-refractivity contribution is -0.152. The minimum atomic E-state index is -3.82. The lowest BCUT2D eigenvalue weighted by Crippen LogP contribution is -2.41. The molecule has 0 spiro atoms. The third kappa shape index (κ3) is 9.68. The van der Waals surface area contributed by atoms with Crippen LogP contribution in [0, 0.1) is 12.8 Å². The summed E-state index contributed by atoms with van der Waals surface area (Å²) in [6, 6.07) is 25.1. The molecule has 204 valence electrons. The molecule has 0 aliphatic rings. The highest BCUT2D eigenvalue weighted by molar-refractivity contribution is 7.89. The van der Waals surface area contributed by atoms with E-state index in [4.69, 9.17) is 9.47 Å². The maximum Gasteiger partial charge on any atom is 0.311 e. The molecule has 0 saturated carbocycles. The van der Waals surface area contributed by atoms with Crippen LogP contribution in [0.5, 0.6) is 0 Å². The van der Waals surface area contributed by atoms with Crippen molar-refractivity contribution < 1.29 is 27.8 Å². The fourth-order valence-electron chi connectivity index (χ4n) is 3.92. The standard InChI is InChI=1S/C30H37NO6S/c1-23-15-17-28(18-16-23)38(34,35)31-27(20-25-10-5-3-6-11-25)22-37-30(33)24(2)29(32)14-9-19-36-21-26-12-7-4-8-13-26/h3-8,10-13,15-18,24,27,29,31-32H,9,14,19-22H2,1-2H3/t24-,27-,29+/m0/s1. The van der Waals surface area contributed by atoms with Crippen molar-refractivity contribution in [1.29, 1.82) is 0 Å². The van der Waals surface area contributed by atoms with Crippen LogP contribution >= 0.6 is 0 Å². The van der Waals surface area contributed by atoms with Gasteiger partial charge in [0, 0.05) is 6.61 Å². The summed E-state index contributed by atoms with van der Waals surface area (Å²) in [5.74, 6) is -1.33. The van der Waals surface area contributed by atoms with E-state index < -0.39 is 34.1 Å². The monoisotopic (exact) mass is 539 g/mol. The first-order valence-electron chi connectivity index (χ1n) is 12.8. The van der Waals surface area contributed by atoms with Gasteiger partial charge in [-0.15, -0.1) is 0 Å². The van der Waals surface area contributed by atoms with Gasteiger partial charge in [-0.2, -0.15) is 0 Å². The van der Waals surface area contributed by atoms with Crippen molar-refractivity contribution in [1.82, 2.24) is 4.72 Å². The first-order chi connectivity index (χ1) is 18.2. The van der Waals surface area contributed by atoms with Crippen LogP contribution in [0.2, 0.25) is 0 Å². The molecule has 0 bridgehead atoms. The highest BCUT2D eigenvalue weighted by Crippen LogP contribution is 2.15. The van der Waals surface area contributed by atoms with Crippen molar-refractivity contribution in [2.24, 2.45) is 5.92 Å². The van der Waals surface area contributed by atoms with E-state index in [9.17, 15) is 18.3 Å². The summed E-state index contributed by atoms with van der Waals surface area (Å²) in [7, 11) is -3.82. The molecule has 38 heavy (non-hydrogen) atoms. The molecule has 0 fully saturated rings. The maximum atomic E-state index is 13.0. The van der Waals surface area contributed by atoms with E-state index in [1.165, 1.54) is 0 Å². The van der Waals surface area contributed by atoms with Gasteiger partial charge in [0.2, 0.25) is 10.0 Å². The van der Waals surface area contributed by atoms with Crippen LogP contribution in [0.3, 0.4) is 0 Å². The number of carbonyl (C=O) groups is 1. The Morgan fingerprint density at radius 2 is 1.53 bits per heavy atom. The average Bonchev–Trinajstić information content (AvgIpc) is 2.92. The minimum absolute atomic E-state index is 0.144. The molecule has 3 atom stereocenters. The largest absolute Gasteiger partial charge is 0.464 e. The molecular weight excluding hydrogens is 502 g/mol. The number of aliphatic hydroxyl groups excluding tert-OH is 1. The Bertz CT molecular complexity index is 1220. The van der Waals surface area contributed by atoms with Gasteiger partial charge in [-0.1, -0.05) is 78.4 Å². The number of hydrogen-bond donors (Lipinski definition) is 2. The summed E-state index contributed by atoms with van der Waals surface area (Å²) in [6.45, 7) is 4.30. The van der Waals surface area contributed by atoms with E-state index in [0.29, 0.717) is 32.5 Å². The van der Waals surface area contributed by atoms with Crippen molar-refractivity contribution in [2.75, 3.05) is 13.2 Å². The lowest BCUT2D eigenvalue weighted by atomic mass is 10.0. The second-order valence-corrected chi connectivity index (χ2v) is 11.2. The number of aliphatic hydroxyl groups is 1. The van der Waals surface area contributed by atoms with Crippen molar-refractivity contribution in [3.8, 4) is 0 Å². The topological polar surface area (TPSA) is 102 Å². The number of esters is 1. The summed E-state index contributed by atoms with van der Waals surface area (Å²) in [5, 5.41) is 10.5.